The molecule has 0 aliphatic carbocycles. The number of nitrogens with two attached hydrogens (primary N) is 1. The Morgan fingerprint density at radius 3 is 2.71 bits per heavy atom. The van der Waals surface area contributed by atoms with E-state index in [1.165, 1.54) is 0 Å². The fraction of sp³-hybridized carbons (Fsp3) is 0.917. The van der Waals surface area contributed by atoms with Crippen LogP contribution in [0.5, 0.6) is 0 Å². The van der Waals surface area contributed by atoms with Crippen LogP contribution in [-0.2, 0) is 9.53 Å². The van der Waals surface area contributed by atoms with Crippen molar-refractivity contribution in [2.45, 2.75) is 32.7 Å². The van der Waals surface area contributed by atoms with Gasteiger partial charge in [0.05, 0.1) is 12.6 Å². The number of carbonyl (C=O) groups excluding carboxylic acids is 1. The summed E-state index contributed by atoms with van der Waals surface area (Å²) in [6, 6.07) is -0.364. The molecule has 2 N–H and O–H groups in total. The van der Waals surface area contributed by atoms with Crippen molar-refractivity contribution < 1.29 is 9.53 Å². The monoisotopic (exact) mass is 264 g/mol. The number of rotatable bonds is 5. The van der Waals surface area contributed by atoms with Gasteiger partial charge in [0.2, 0.25) is 5.91 Å². The van der Waals surface area contributed by atoms with E-state index in [0.717, 1.165) is 32.6 Å². The smallest absolute Gasteiger partial charge is 0.239 e. The van der Waals surface area contributed by atoms with Crippen molar-refractivity contribution in [3.63, 3.8) is 0 Å². The minimum absolute atomic E-state index is 0. The van der Waals surface area contributed by atoms with Gasteiger partial charge >= 0.3 is 0 Å². The van der Waals surface area contributed by atoms with Crippen molar-refractivity contribution >= 4 is 18.3 Å². The molecule has 1 saturated heterocycles. The molecule has 1 amide bonds. The van der Waals surface area contributed by atoms with Gasteiger partial charge in [0.15, 0.2) is 0 Å². The summed E-state index contributed by atoms with van der Waals surface area (Å²) in [5.41, 5.74) is 5.92. The summed E-state index contributed by atoms with van der Waals surface area (Å²) in [5.74, 6) is 0.786. The van der Waals surface area contributed by atoms with Crippen LogP contribution in [0.3, 0.4) is 0 Å². The summed E-state index contributed by atoms with van der Waals surface area (Å²) in [6.45, 7) is 6.45. The van der Waals surface area contributed by atoms with E-state index in [1.807, 2.05) is 14.0 Å². The fourth-order valence-electron chi connectivity index (χ4n) is 1.96. The number of ether oxygens (including phenoxy) is 1. The third-order valence-electron chi connectivity index (χ3n) is 3.47. The van der Waals surface area contributed by atoms with Crippen LogP contribution in [-0.4, -0.2) is 43.7 Å². The number of carbonyl (C=O) groups is 1. The lowest BCUT2D eigenvalue weighted by molar-refractivity contribution is -0.133. The molecule has 4 nitrogen and oxygen atoms in total. The van der Waals surface area contributed by atoms with Gasteiger partial charge in [-0.05, 0) is 12.3 Å². The summed E-state index contributed by atoms with van der Waals surface area (Å²) in [4.78, 5) is 13.8. The highest BCUT2D eigenvalue weighted by molar-refractivity contribution is 5.85. The molecule has 3 atom stereocenters. The molecule has 1 rings (SSSR count). The van der Waals surface area contributed by atoms with Crippen molar-refractivity contribution in [1.82, 2.24) is 4.90 Å². The maximum absolute atomic E-state index is 12.0. The first-order valence-electron chi connectivity index (χ1n) is 6.14. The zero-order valence-electron chi connectivity index (χ0n) is 11.0. The molecule has 0 aromatic heterocycles. The number of nitrogens with zero attached hydrogens (tertiary/aromatic N) is 1. The Kier molecular flexibility index (Phi) is 7.75. The lowest BCUT2D eigenvalue weighted by Gasteiger charge is -2.26. The fourth-order valence-corrected chi connectivity index (χ4v) is 1.96. The normalized spacial score (nSPS) is 22.7. The first-order chi connectivity index (χ1) is 7.56. The van der Waals surface area contributed by atoms with Gasteiger partial charge in [0.25, 0.3) is 0 Å². The third-order valence-corrected chi connectivity index (χ3v) is 3.47. The molecule has 0 bridgehead atoms. The second-order valence-corrected chi connectivity index (χ2v) is 4.86. The van der Waals surface area contributed by atoms with Crippen LogP contribution in [0.25, 0.3) is 0 Å². The van der Waals surface area contributed by atoms with Gasteiger partial charge in [-0.2, -0.15) is 0 Å². The van der Waals surface area contributed by atoms with Crippen molar-refractivity contribution in [3.8, 4) is 0 Å². The maximum atomic E-state index is 12.0. The zero-order valence-corrected chi connectivity index (χ0v) is 11.8. The summed E-state index contributed by atoms with van der Waals surface area (Å²) >= 11 is 0. The molecule has 1 aliphatic heterocycles. The van der Waals surface area contributed by atoms with Gasteiger partial charge in [0.1, 0.15) is 0 Å². The van der Waals surface area contributed by atoms with Crippen molar-refractivity contribution in [3.05, 3.63) is 0 Å². The summed E-state index contributed by atoms with van der Waals surface area (Å²) in [5, 5.41) is 0. The second-order valence-electron chi connectivity index (χ2n) is 4.86. The van der Waals surface area contributed by atoms with Crippen LogP contribution in [0.15, 0.2) is 0 Å². The van der Waals surface area contributed by atoms with Gasteiger partial charge < -0.3 is 15.4 Å². The minimum atomic E-state index is -0.364. The van der Waals surface area contributed by atoms with Crippen molar-refractivity contribution in [2.24, 2.45) is 17.6 Å². The predicted octanol–water partition coefficient (Wildman–Crippen LogP) is 1.28. The first-order valence-corrected chi connectivity index (χ1v) is 6.14. The molecule has 0 spiro atoms. The van der Waals surface area contributed by atoms with Crippen LogP contribution in [0.2, 0.25) is 0 Å². The summed E-state index contributed by atoms with van der Waals surface area (Å²) in [7, 11) is 1.84. The number of hydrogen-bond acceptors (Lipinski definition) is 3. The minimum Gasteiger partial charge on any atom is -0.381 e. The Bertz CT molecular complexity index is 233. The highest BCUT2D eigenvalue weighted by Gasteiger charge is 2.25. The van der Waals surface area contributed by atoms with Gasteiger partial charge in [0, 0.05) is 26.1 Å². The topological polar surface area (TPSA) is 55.6 Å². The Hall–Kier alpha value is -0.320. The van der Waals surface area contributed by atoms with Crippen LogP contribution in [0.1, 0.15) is 26.7 Å². The van der Waals surface area contributed by atoms with E-state index in [0.29, 0.717) is 5.92 Å². The highest BCUT2D eigenvalue weighted by atomic mass is 35.5. The molecule has 1 aliphatic rings. The second kappa shape index (κ2) is 7.90. The van der Waals surface area contributed by atoms with Gasteiger partial charge in [-0.3, -0.25) is 4.79 Å². The molecule has 3 unspecified atom stereocenters. The average Bonchev–Trinajstić information content (AvgIpc) is 2.78. The van der Waals surface area contributed by atoms with Crippen LogP contribution >= 0.6 is 12.4 Å². The molecule has 17 heavy (non-hydrogen) atoms. The Morgan fingerprint density at radius 1 is 1.59 bits per heavy atom. The molecule has 1 heterocycles. The first kappa shape index (κ1) is 16.7. The van der Waals surface area contributed by atoms with E-state index >= 15 is 0 Å². The molecular formula is C12H25ClN2O2. The number of likely N-dealkylation sites (N-methyl/N-ethyl adjacent to an activating group) is 1. The molecule has 1 fully saturated rings. The standard InChI is InChI=1S/C12H24N2O2.ClH/c1-4-9(2)11(13)12(15)14(3)7-10-5-6-16-8-10;/h9-11H,4-8,13H2,1-3H3;1H. The quantitative estimate of drug-likeness (QED) is 0.814. The Morgan fingerprint density at radius 2 is 2.24 bits per heavy atom. The average molecular weight is 265 g/mol. The Labute approximate surface area is 110 Å². The van der Waals surface area contributed by atoms with Crippen molar-refractivity contribution in [1.29, 1.82) is 0 Å². The molecular weight excluding hydrogens is 240 g/mol. The molecule has 102 valence electrons. The number of halogens is 1. The van der Waals surface area contributed by atoms with Crippen molar-refractivity contribution in [2.75, 3.05) is 26.8 Å². The molecule has 5 heteroatoms. The SMILES string of the molecule is CCC(C)C(N)C(=O)N(C)CC1CCOC1.Cl. The number of amides is 1. The lowest BCUT2D eigenvalue weighted by Crippen LogP contribution is -2.46. The van der Waals surface area contributed by atoms with Crippen LogP contribution < -0.4 is 5.73 Å². The molecule has 0 aromatic rings. The largest absolute Gasteiger partial charge is 0.381 e. The molecule has 0 radical (unpaired) electrons. The van der Waals surface area contributed by atoms with Gasteiger partial charge in [-0.15, -0.1) is 12.4 Å². The van der Waals surface area contributed by atoms with E-state index in [1.54, 1.807) is 4.90 Å². The van der Waals surface area contributed by atoms with Crippen LogP contribution in [0.4, 0.5) is 0 Å². The third kappa shape index (κ3) is 4.82. The van der Waals surface area contributed by atoms with E-state index in [2.05, 4.69) is 6.92 Å². The lowest BCUT2D eigenvalue weighted by atomic mass is 9.98. The molecule has 0 aromatic carbocycles. The van der Waals surface area contributed by atoms with E-state index in [9.17, 15) is 4.79 Å². The summed E-state index contributed by atoms with van der Waals surface area (Å²) < 4.78 is 5.30. The summed E-state index contributed by atoms with van der Waals surface area (Å²) in [6.07, 6.45) is 1.99. The molecule has 0 saturated carbocycles. The highest BCUT2D eigenvalue weighted by Crippen LogP contribution is 2.15. The van der Waals surface area contributed by atoms with E-state index < -0.39 is 0 Å². The van der Waals surface area contributed by atoms with Crippen LogP contribution in [0, 0.1) is 11.8 Å². The Balaban J connectivity index is 0.00000256. The van der Waals surface area contributed by atoms with Gasteiger partial charge in [-0.1, -0.05) is 20.3 Å². The maximum Gasteiger partial charge on any atom is 0.239 e. The van der Waals surface area contributed by atoms with Gasteiger partial charge in [-0.25, -0.2) is 0 Å². The van der Waals surface area contributed by atoms with E-state index in [-0.39, 0.29) is 30.3 Å². The predicted molar refractivity (Wildman–Crippen MR) is 71.2 cm³/mol. The zero-order chi connectivity index (χ0) is 12.1. The van der Waals surface area contributed by atoms with E-state index in [4.69, 9.17) is 10.5 Å². The number of hydrogen-bond donors (Lipinski definition) is 1.